The number of esters is 1. The first-order valence-corrected chi connectivity index (χ1v) is 6.31. The van der Waals surface area contributed by atoms with Crippen molar-refractivity contribution < 1.29 is 23.8 Å². The summed E-state index contributed by atoms with van der Waals surface area (Å²) < 4.78 is 9.04. The summed E-state index contributed by atoms with van der Waals surface area (Å²) >= 11 is 1.24. The third-order valence-corrected chi connectivity index (χ3v) is 3.76. The summed E-state index contributed by atoms with van der Waals surface area (Å²) in [4.78, 5) is 22.3. The summed E-state index contributed by atoms with van der Waals surface area (Å²) in [6.45, 7) is 4.99. The minimum Gasteiger partial charge on any atom is -0.480 e. The van der Waals surface area contributed by atoms with E-state index in [9.17, 15) is 9.59 Å². The van der Waals surface area contributed by atoms with Gasteiger partial charge in [-0.15, -0.1) is 11.8 Å². The molecule has 100 valence electrons. The number of aliphatic carboxylic acids is 1. The standard InChI is InChI=1S/C12H16O5S/c1-7-5-8(17-9(7)10(13)16-4)6-18-12(2,3)11(14)15/h5H,6H2,1-4H3,(H,14,15). The minimum absolute atomic E-state index is 0.168. The van der Waals surface area contributed by atoms with Gasteiger partial charge in [-0.1, -0.05) is 0 Å². The van der Waals surface area contributed by atoms with E-state index in [1.807, 2.05) is 0 Å². The van der Waals surface area contributed by atoms with E-state index in [4.69, 9.17) is 9.52 Å². The molecule has 1 aromatic rings. The molecule has 0 aliphatic heterocycles. The average Bonchev–Trinajstić information content (AvgIpc) is 2.67. The largest absolute Gasteiger partial charge is 0.480 e. The number of carboxylic acid groups (broad SMARTS) is 1. The van der Waals surface area contributed by atoms with Gasteiger partial charge in [0, 0.05) is 5.56 Å². The fourth-order valence-electron chi connectivity index (χ4n) is 1.23. The predicted octanol–water partition coefficient (Wildman–Crippen LogP) is 2.47. The number of ether oxygens (including phenoxy) is 1. The topological polar surface area (TPSA) is 76.7 Å². The van der Waals surface area contributed by atoms with Gasteiger partial charge in [0.15, 0.2) is 0 Å². The molecule has 0 spiro atoms. The molecule has 1 rings (SSSR count). The van der Waals surface area contributed by atoms with Crippen molar-refractivity contribution in [2.75, 3.05) is 7.11 Å². The molecule has 0 atom stereocenters. The highest BCUT2D eigenvalue weighted by molar-refractivity contribution is 8.00. The summed E-state index contributed by atoms with van der Waals surface area (Å²) in [6, 6.07) is 1.72. The Kier molecular flexibility index (Phi) is 4.45. The zero-order valence-corrected chi connectivity index (χ0v) is 11.6. The van der Waals surface area contributed by atoms with Gasteiger partial charge < -0.3 is 14.3 Å². The predicted molar refractivity (Wildman–Crippen MR) is 67.8 cm³/mol. The number of methoxy groups -OCH3 is 1. The van der Waals surface area contributed by atoms with Gasteiger partial charge >= 0.3 is 11.9 Å². The second-order valence-corrected chi connectivity index (χ2v) is 5.92. The molecule has 0 aliphatic carbocycles. The Balaban J connectivity index is 2.76. The van der Waals surface area contributed by atoms with Crippen molar-refractivity contribution in [1.29, 1.82) is 0 Å². The van der Waals surface area contributed by atoms with Gasteiger partial charge in [0.1, 0.15) is 10.5 Å². The lowest BCUT2D eigenvalue weighted by Crippen LogP contribution is -2.27. The van der Waals surface area contributed by atoms with Gasteiger partial charge in [-0.2, -0.15) is 0 Å². The summed E-state index contributed by atoms with van der Waals surface area (Å²) in [5.41, 5.74) is 0.686. The molecule has 1 heterocycles. The first-order valence-electron chi connectivity index (χ1n) is 5.33. The summed E-state index contributed by atoms with van der Waals surface area (Å²) in [5.74, 6) is -0.296. The van der Waals surface area contributed by atoms with Crippen molar-refractivity contribution in [3.63, 3.8) is 0 Å². The van der Waals surface area contributed by atoms with Gasteiger partial charge in [0.05, 0.1) is 12.9 Å². The molecule has 0 bridgehead atoms. The van der Waals surface area contributed by atoms with Crippen LogP contribution in [0.2, 0.25) is 0 Å². The highest BCUT2D eigenvalue weighted by Gasteiger charge is 2.28. The van der Waals surface area contributed by atoms with Crippen LogP contribution in [-0.4, -0.2) is 28.9 Å². The SMILES string of the molecule is COC(=O)c1oc(CSC(C)(C)C(=O)O)cc1C. The number of carbonyl (C=O) groups is 2. The lowest BCUT2D eigenvalue weighted by molar-refractivity contribution is -0.138. The maximum absolute atomic E-state index is 11.3. The number of rotatable bonds is 5. The quantitative estimate of drug-likeness (QED) is 0.830. The maximum Gasteiger partial charge on any atom is 0.374 e. The van der Waals surface area contributed by atoms with Crippen LogP contribution in [-0.2, 0) is 15.3 Å². The second kappa shape index (κ2) is 5.48. The molecule has 5 nitrogen and oxygen atoms in total. The Morgan fingerprint density at radius 1 is 1.50 bits per heavy atom. The number of aryl methyl sites for hydroxylation is 1. The second-order valence-electron chi connectivity index (χ2n) is 4.32. The zero-order valence-electron chi connectivity index (χ0n) is 10.8. The number of hydrogen-bond donors (Lipinski definition) is 1. The van der Waals surface area contributed by atoms with Crippen LogP contribution in [0.15, 0.2) is 10.5 Å². The van der Waals surface area contributed by atoms with Crippen molar-refractivity contribution in [2.45, 2.75) is 31.3 Å². The van der Waals surface area contributed by atoms with E-state index >= 15 is 0 Å². The van der Waals surface area contributed by atoms with Crippen molar-refractivity contribution in [1.82, 2.24) is 0 Å². The van der Waals surface area contributed by atoms with E-state index in [0.29, 0.717) is 17.1 Å². The highest BCUT2D eigenvalue weighted by Crippen LogP contribution is 2.29. The smallest absolute Gasteiger partial charge is 0.374 e. The Labute approximate surface area is 109 Å². The fourth-order valence-corrected chi connectivity index (χ4v) is 2.00. The maximum atomic E-state index is 11.3. The lowest BCUT2D eigenvalue weighted by atomic mass is 10.2. The molecule has 0 unspecified atom stereocenters. The summed E-state index contributed by atoms with van der Waals surface area (Å²) in [5, 5.41) is 8.98. The third-order valence-electron chi connectivity index (χ3n) is 2.43. The first kappa shape index (κ1) is 14.6. The molecular formula is C12H16O5S. The minimum atomic E-state index is -0.897. The van der Waals surface area contributed by atoms with E-state index in [2.05, 4.69) is 4.74 Å². The molecule has 0 aliphatic rings. The lowest BCUT2D eigenvalue weighted by Gasteiger charge is -2.17. The van der Waals surface area contributed by atoms with E-state index in [1.54, 1.807) is 26.8 Å². The van der Waals surface area contributed by atoms with Gasteiger partial charge in [-0.3, -0.25) is 4.79 Å². The van der Waals surface area contributed by atoms with Crippen LogP contribution in [0.4, 0.5) is 0 Å². The number of hydrogen-bond acceptors (Lipinski definition) is 5. The molecule has 6 heteroatoms. The van der Waals surface area contributed by atoms with Crippen LogP contribution < -0.4 is 0 Å². The van der Waals surface area contributed by atoms with Gasteiger partial charge in [0.2, 0.25) is 5.76 Å². The molecule has 0 saturated heterocycles. The van der Waals surface area contributed by atoms with Crippen LogP contribution in [0.1, 0.15) is 35.7 Å². The number of furan rings is 1. The molecule has 0 fully saturated rings. The molecule has 1 N–H and O–H groups in total. The zero-order chi connectivity index (χ0) is 13.9. The van der Waals surface area contributed by atoms with Gasteiger partial charge in [-0.05, 0) is 26.8 Å². The molecule has 0 aromatic carbocycles. The Bertz CT molecular complexity index is 461. The van der Waals surface area contributed by atoms with Crippen molar-refractivity contribution in [2.24, 2.45) is 0 Å². The molecule has 1 aromatic heterocycles. The average molecular weight is 272 g/mol. The van der Waals surface area contributed by atoms with E-state index in [0.717, 1.165) is 0 Å². The van der Waals surface area contributed by atoms with Crippen LogP contribution in [0.3, 0.4) is 0 Å². The first-order chi connectivity index (χ1) is 8.27. The highest BCUT2D eigenvalue weighted by atomic mass is 32.2. The molecule has 0 radical (unpaired) electrons. The molecule has 0 saturated carbocycles. The van der Waals surface area contributed by atoms with E-state index in [1.165, 1.54) is 18.9 Å². The van der Waals surface area contributed by atoms with Crippen molar-refractivity contribution in [3.8, 4) is 0 Å². The molecule has 0 amide bonds. The Morgan fingerprint density at radius 3 is 2.61 bits per heavy atom. The van der Waals surface area contributed by atoms with Crippen molar-refractivity contribution in [3.05, 3.63) is 23.2 Å². The van der Waals surface area contributed by atoms with Gasteiger partial charge in [0.25, 0.3) is 0 Å². The number of thioether (sulfide) groups is 1. The third kappa shape index (κ3) is 3.29. The van der Waals surface area contributed by atoms with Crippen LogP contribution in [0.25, 0.3) is 0 Å². The normalized spacial score (nSPS) is 11.3. The summed E-state index contributed by atoms with van der Waals surface area (Å²) in [7, 11) is 1.28. The Morgan fingerprint density at radius 2 is 2.11 bits per heavy atom. The van der Waals surface area contributed by atoms with E-state index < -0.39 is 16.7 Å². The summed E-state index contributed by atoms with van der Waals surface area (Å²) in [6.07, 6.45) is 0. The van der Waals surface area contributed by atoms with E-state index in [-0.39, 0.29) is 5.76 Å². The molecular weight excluding hydrogens is 256 g/mol. The van der Waals surface area contributed by atoms with Crippen LogP contribution in [0.5, 0.6) is 0 Å². The molecule has 18 heavy (non-hydrogen) atoms. The van der Waals surface area contributed by atoms with Gasteiger partial charge in [-0.25, -0.2) is 4.79 Å². The number of carboxylic acids is 1. The number of carbonyl (C=O) groups excluding carboxylic acids is 1. The van der Waals surface area contributed by atoms with Crippen molar-refractivity contribution >= 4 is 23.7 Å². The Hall–Kier alpha value is -1.43. The van der Waals surface area contributed by atoms with Crippen LogP contribution in [0, 0.1) is 6.92 Å². The fraction of sp³-hybridized carbons (Fsp3) is 0.500. The van der Waals surface area contributed by atoms with Crippen LogP contribution >= 0.6 is 11.8 Å². The monoisotopic (exact) mass is 272 g/mol.